The van der Waals surface area contributed by atoms with Gasteiger partial charge in [-0.05, 0) is 6.07 Å². The maximum absolute atomic E-state index is 10.3. The third-order valence-electron chi connectivity index (χ3n) is 1.09. The van der Waals surface area contributed by atoms with Crippen molar-refractivity contribution in [2.24, 2.45) is 0 Å². The fourth-order valence-electron chi connectivity index (χ4n) is 0.643. The maximum Gasteiger partial charge on any atom is 0.372 e. The van der Waals surface area contributed by atoms with Gasteiger partial charge in [0.25, 0.3) is 0 Å². The van der Waals surface area contributed by atoms with Gasteiger partial charge in [-0.2, -0.15) is 0 Å². The summed E-state index contributed by atoms with van der Waals surface area (Å²) in [6.07, 6.45) is 1.02. The molecule has 0 spiro atoms. The Morgan fingerprint density at radius 3 is 2.17 bits per heavy atom. The second-order valence-corrected chi connectivity index (χ2v) is 1.77. The van der Waals surface area contributed by atoms with Gasteiger partial charge >= 0.3 is 11.9 Å². The fourth-order valence-corrected chi connectivity index (χ4v) is 0.643. The molecule has 0 aromatic carbocycles. The first kappa shape index (κ1) is 10.7. The van der Waals surface area contributed by atoms with E-state index in [0.29, 0.717) is 0 Å². The molecule has 0 radical (unpaired) electrons. The Bertz CT molecular complexity index is 274. The first-order chi connectivity index (χ1) is 5.13. The molecular weight excluding hydrogens is 232 g/mol. The lowest BCUT2D eigenvalue weighted by Crippen LogP contribution is -2.03. The number of rotatable bonds is 2. The molecule has 0 saturated heterocycles. The monoisotopic (exact) mass is 236 g/mol. The van der Waals surface area contributed by atoms with Crippen molar-refractivity contribution in [1.29, 1.82) is 0 Å². The molecule has 1 aromatic heterocycles. The average molecular weight is 237 g/mol. The predicted octanol–water partition coefficient (Wildman–Crippen LogP) is 1.25. The van der Waals surface area contributed by atoms with Crippen LogP contribution >= 0.6 is 17.0 Å². The van der Waals surface area contributed by atoms with Crippen LogP contribution in [0.2, 0.25) is 0 Å². The van der Waals surface area contributed by atoms with E-state index >= 15 is 0 Å². The summed E-state index contributed by atoms with van der Waals surface area (Å²) in [5.74, 6) is -3.24. The summed E-state index contributed by atoms with van der Waals surface area (Å²) in [6.45, 7) is 0. The zero-order chi connectivity index (χ0) is 8.43. The Kier molecular flexibility index (Phi) is 3.49. The van der Waals surface area contributed by atoms with Crippen LogP contribution in [0, 0.1) is 0 Å². The van der Waals surface area contributed by atoms with Gasteiger partial charge in [-0.15, -0.1) is 17.0 Å². The summed E-state index contributed by atoms with van der Waals surface area (Å²) in [5, 5.41) is 16.7. The van der Waals surface area contributed by atoms with Crippen molar-refractivity contribution in [3.05, 3.63) is 23.7 Å². The second kappa shape index (κ2) is 3.91. The van der Waals surface area contributed by atoms with Crippen molar-refractivity contribution in [3.8, 4) is 0 Å². The van der Waals surface area contributed by atoms with Gasteiger partial charge in [0.1, 0.15) is 5.56 Å². The van der Waals surface area contributed by atoms with Gasteiger partial charge in [0.2, 0.25) is 5.76 Å². The van der Waals surface area contributed by atoms with Gasteiger partial charge in [0.15, 0.2) is 0 Å². The van der Waals surface area contributed by atoms with Crippen LogP contribution in [-0.2, 0) is 0 Å². The summed E-state index contributed by atoms with van der Waals surface area (Å²) in [6, 6.07) is 1.09. The van der Waals surface area contributed by atoms with E-state index in [4.69, 9.17) is 10.2 Å². The highest BCUT2D eigenvalue weighted by Crippen LogP contribution is 2.09. The second-order valence-electron chi connectivity index (χ2n) is 1.77. The highest BCUT2D eigenvalue weighted by Gasteiger charge is 2.18. The third kappa shape index (κ3) is 1.85. The van der Waals surface area contributed by atoms with E-state index in [1.807, 2.05) is 0 Å². The lowest BCUT2D eigenvalue weighted by molar-refractivity contribution is 0.0626. The number of furan rings is 1. The van der Waals surface area contributed by atoms with Crippen LogP contribution in [0.5, 0.6) is 0 Å². The first-order valence-corrected chi connectivity index (χ1v) is 2.67. The molecule has 0 aliphatic carbocycles. The smallest absolute Gasteiger partial charge is 0.372 e. The van der Waals surface area contributed by atoms with Gasteiger partial charge < -0.3 is 14.6 Å². The fraction of sp³-hybridized carbons (Fsp3) is 0. The highest BCUT2D eigenvalue weighted by atomic mass is 79.9. The number of carbonyl (C=O) groups is 2. The van der Waals surface area contributed by atoms with E-state index in [9.17, 15) is 9.59 Å². The Morgan fingerprint density at radius 1 is 1.25 bits per heavy atom. The third-order valence-corrected chi connectivity index (χ3v) is 1.09. The summed E-state index contributed by atoms with van der Waals surface area (Å²) >= 11 is 0. The van der Waals surface area contributed by atoms with Gasteiger partial charge in [0.05, 0.1) is 6.26 Å². The van der Waals surface area contributed by atoms with Gasteiger partial charge in [-0.1, -0.05) is 0 Å². The summed E-state index contributed by atoms with van der Waals surface area (Å²) in [7, 11) is 0. The number of carboxylic acid groups (broad SMARTS) is 2. The summed E-state index contributed by atoms with van der Waals surface area (Å²) < 4.78 is 4.41. The van der Waals surface area contributed by atoms with Crippen molar-refractivity contribution in [1.82, 2.24) is 0 Å². The number of hydrogen-bond donors (Lipinski definition) is 2. The van der Waals surface area contributed by atoms with Crippen LogP contribution in [0.3, 0.4) is 0 Å². The normalized spacial score (nSPS) is 8.67. The molecule has 0 atom stereocenters. The molecule has 0 saturated carbocycles. The van der Waals surface area contributed by atoms with Crippen LogP contribution in [0.25, 0.3) is 0 Å². The Labute approximate surface area is 77.4 Å². The molecule has 1 rings (SSSR count). The molecule has 1 heterocycles. The Morgan fingerprint density at radius 2 is 1.83 bits per heavy atom. The van der Waals surface area contributed by atoms with E-state index in [0.717, 1.165) is 12.3 Å². The van der Waals surface area contributed by atoms with Gasteiger partial charge in [0, 0.05) is 0 Å². The molecule has 0 fully saturated rings. The lowest BCUT2D eigenvalue weighted by Gasteiger charge is -1.88. The highest BCUT2D eigenvalue weighted by molar-refractivity contribution is 8.93. The average Bonchev–Trinajstić information content (AvgIpc) is 2.32. The predicted molar refractivity (Wildman–Crippen MR) is 42.9 cm³/mol. The first-order valence-electron chi connectivity index (χ1n) is 2.67. The number of carboxylic acids is 2. The van der Waals surface area contributed by atoms with Crippen LogP contribution in [0.4, 0.5) is 0 Å². The van der Waals surface area contributed by atoms with Crippen molar-refractivity contribution in [2.75, 3.05) is 0 Å². The van der Waals surface area contributed by atoms with Gasteiger partial charge in [-0.3, -0.25) is 0 Å². The molecule has 66 valence electrons. The van der Waals surface area contributed by atoms with E-state index in [1.54, 1.807) is 0 Å². The number of halogens is 1. The van der Waals surface area contributed by atoms with Crippen molar-refractivity contribution >= 4 is 28.9 Å². The maximum atomic E-state index is 10.3. The van der Waals surface area contributed by atoms with Crippen LogP contribution in [0.1, 0.15) is 20.9 Å². The van der Waals surface area contributed by atoms with Gasteiger partial charge in [-0.25, -0.2) is 9.59 Å². The SMILES string of the molecule is Br.O=C(O)c1ccoc1C(=O)O. The molecule has 6 heteroatoms. The van der Waals surface area contributed by atoms with E-state index in [-0.39, 0.29) is 22.5 Å². The summed E-state index contributed by atoms with van der Waals surface area (Å²) in [5.41, 5.74) is -0.336. The van der Waals surface area contributed by atoms with E-state index < -0.39 is 17.7 Å². The molecule has 0 amide bonds. The minimum Gasteiger partial charge on any atom is -0.478 e. The minimum absolute atomic E-state index is 0. The molecule has 12 heavy (non-hydrogen) atoms. The topological polar surface area (TPSA) is 87.7 Å². The Balaban J connectivity index is 0.00000121. The van der Waals surface area contributed by atoms with Crippen LogP contribution < -0.4 is 0 Å². The minimum atomic E-state index is -1.38. The van der Waals surface area contributed by atoms with E-state index in [2.05, 4.69) is 4.42 Å². The zero-order valence-corrected chi connectivity index (χ0v) is 7.40. The Hall–Kier alpha value is -1.30. The molecule has 5 nitrogen and oxygen atoms in total. The molecule has 0 aliphatic heterocycles. The van der Waals surface area contributed by atoms with Crippen molar-refractivity contribution < 1.29 is 24.2 Å². The molecule has 1 aromatic rings. The summed E-state index contributed by atoms with van der Waals surface area (Å²) in [4.78, 5) is 20.5. The molecular formula is C6H5BrO5. The largest absolute Gasteiger partial charge is 0.478 e. The molecule has 0 aliphatic rings. The number of hydrogen-bond acceptors (Lipinski definition) is 3. The van der Waals surface area contributed by atoms with Crippen molar-refractivity contribution in [3.63, 3.8) is 0 Å². The van der Waals surface area contributed by atoms with Crippen LogP contribution in [-0.4, -0.2) is 22.2 Å². The quantitative estimate of drug-likeness (QED) is 0.808. The van der Waals surface area contributed by atoms with E-state index in [1.165, 1.54) is 0 Å². The lowest BCUT2D eigenvalue weighted by atomic mass is 10.2. The number of aromatic carboxylic acids is 2. The van der Waals surface area contributed by atoms with Crippen molar-refractivity contribution in [2.45, 2.75) is 0 Å². The standard InChI is InChI=1S/C6H4O5.BrH/c7-5(8)3-1-2-11-4(3)6(9)10;/h1-2H,(H,7,8)(H,9,10);1H. The molecule has 0 bridgehead atoms. The molecule has 2 N–H and O–H groups in total. The molecule has 0 unspecified atom stereocenters. The van der Waals surface area contributed by atoms with Crippen LogP contribution in [0.15, 0.2) is 16.7 Å². The zero-order valence-electron chi connectivity index (χ0n) is 5.68.